The van der Waals surface area contributed by atoms with Gasteiger partial charge in [-0.15, -0.1) is 0 Å². The van der Waals surface area contributed by atoms with Crippen LogP contribution in [0.4, 0.5) is 0 Å². The standard InChI is InChI=1S/C7H14O3/c1-6(5-9-2)4-7(8)10-3/h6H,4-5H2,1-3H3. The van der Waals surface area contributed by atoms with Gasteiger partial charge in [0.1, 0.15) is 0 Å². The first-order chi connectivity index (χ1) is 4.70. The van der Waals surface area contributed by atoms with E-state index >= 15 is 0 Å². The zero-order valence-electron chi connectivity index (χ0n) is 6.72. The fourth-order valence-electron chi connectivity index (χ4n) is 0.711. The number of ether oxygens (including phenoxy) is 2. The minimum atomic E-state index is -0.176. The molecule has 0 aromatic heterocycles. The molecule has 1 unspecified atom stereocenters. The molecule has 0 radical (unpaired) electrons. The van der Waals surface area contributed by atoms with Crippen molar-refractivity contribution in [2.24, 2.45) is 5.92 Å². The predicted molar refractivity (Wildman–Crippen MR) is 37.7 cm³/mol. The summed E-state index contributed by atoms with van der Waals surface area (Å²) in [5.41, 5.74) is 0. The molecule has 0 fully saturated rings. The molecule has 1 atom stereocenters. The molecule has 0 aliphatic carbocycles. The lowest BCUT2D eigenvalue weighted by Gasteiger charge is -2.06. The van der Waals surface area contributed by atoms with Crippen molar-refractivity contribution in [1.82, 2.24) is 0 Å². The summed E-state index contributed by atoms with van der Waals surface area (Å²) in [5.74, 6) is 0.0713. The number of rotatable bonds is 4. The molecule has 0 aromatic rings. The fraction of sp³-hybridized carbons (Fsp3) is 0.857. The van der Waals surface area contributed by atoms with Crippen molar-refractivity contribution in [3.63, 3.8) is 0 Å². The van der Waals surface area contributed by atoms with Crippen LogP contribution in [0, 0.1) is 5.92 Å². The van der Waals surface area contributed by atoms with Crippen LogP contribution >= 0.6 is 0 Å². The summed E-state index contributed by atoms with van der Waals surface area (Å²) < 4.78 is 9.31. The summed E-state index contributed by atoms with van der Waals surface area (Å²) in [6.45, 7) is 2.55. The Morgan fingerprint density at radius 3 is 2.50 bits per heavy atom. The smallest absolute Gasteiger partial charge is 0.305 e. The van der Waals surface area contributed by atoms with Gasteiger partial charge in [-0.3, -0.25) is 4.79 Å². The van der Waals surface area contributed by atoms with Gasteiger partial charge in [-0.05, 0) is 5.92 Å². The molecule has 60 valence electrons. The van der Waals surface area contributed by atoms with Crippen LogP contribution in [0.15, 0.2) is 0 Å². The average molecular weight is 146 g/mol. The van der Waals surface area contributed by atoms with Gasteiger partial charge in [0, 0.05) is 13.7 Å². The lowest BCUT2D eigenvalue weighted by atomic mass is 10.1. The van der Waals surface area contributed by atoms with Gasteiger partial charge >= 0.3 is 5.97 Å². The van der Waals surface area contributed by atoms with E-state index in [1.165, 1.54) is 7.11 Å². The number of carbonyl (C=O) groups is 1. The Bertz CT molecular complexity index is 101. The largest absolute Gasteiger partial charge is 0.469 e. The average Bonchev–Trinajstić information content (AvgIpc) is 1.88. The third-order valence-corrected chi connectivity index (χ3v) is 1.19. The monoisotopic (exact) mass is 146 g/mol. The van der Waals surface area contributed by atoms with Crippen molar-refractivity contribution < 1.29 is 14.3 Å². The van der Waals surface area contributed by atoms with Crippen molar-refractivity contribution >= 4 is 5.97 Å². The number of methoxy groups -OCH3 is 2. The first-order valence-electron chi connectivity index (χ1n) is 3.26. The van der Waals surface area contributed by atoms with E-state index in [9.17, 15) is 4.79 Å². The zero-order valence-corrected chi connectivity index (χ0v) is 6.72. The summed E-state index contributed by atoms with van der Waals surface area (Å²) >= 11 is 0. The van der Waals surface area contributed by atoms with E-state index in [4.69, 9.17) is 4.74 Å². The maximum Gasteiger partial charge on any atom is 0.305 e. The molecule has 0 saturated heterocycles. The molecule has 0 aliphatic rings. The molecule has 3 heteroatoms. The Labute approximate surface area is 61.3 Å². The minimum Gasteiger partial charge on any atom is -0.469 e. The molecule has 0 saturated carbocycles. The van der Waals surface area contributed by atoms with E-state index in [0.717, 1.165) is 0 Å². The van der Waals surface area contributed by atoms with Crippen LogP contribution in [0.25, 0.3) is 0 Å². The van der Waals surface area contributed by atoms with Crippen molar-refractivity contribution in [1.29, 1.82) is 0 Å². The Hall–Kier alpha value is -0.570. The van der Waals surface area contributed by atoms with Crippen LogP contribution < -0.4 is 0 Å². The lowest BCUT2D eigenvalue weighted by Crippen LogP contribution is -2.11. The molecule has 0 rings (SSSR count). The molecular formula is C7H14O3. The van der Waals surface area contributed by atoms with Crippen molar-refractivity contribution in [3.05, 3.63) is 0 Å². The molecule has 3 nitrogen and oxygen atoms in total. The minimum absolute atomic E-state index is 0.176. The van der Waals surface area contributed by atoms with Crippen LogP contribution in [-0.2, 0) is 14.3 Å². The first kappa shape index (κ1) is 9.43. The van der Waals surface area contributed by atoms with Crippen molar-refractivity contribution in [2.45, 2.75) is 13.3 Å². The molecule has 0 heterocycles. The Balaban J connectivity index is 3.37. The summed E-state index contributed by atoms with van der Waals surface area (Å²) in [6, 6.07) is 0. The van der Waals surface area contributed by atoms with Crippen molar-refractivity contribution in [3.8, 4) is 0 Å². The Morgan fingerprint density at radius 1 is 1.50 bits per heavy atom. The number of hydrogen-bond acceptors (Lipinski definition) is 3. The molecule has 0 aromatic carbocycles. The summed E-state index contributed by atoms with van der Waals surface area (Å²) in [4.78, 5) is 10.6. The second-order valence-electron chi connectivity index (χ2n) is 2.34. The topological polar surface area (TPSA) is 35.5 Å². The van der Waals surface area contributed by atoms with Gasteiger partial charge in [-0.25, -0.2) is 0 Å². The van der Waals surface area contributed by atoms with Crippen LogP contribution in [0.5, 0.6) is 0 Å². The van der Waals surface area contributed by atoms with E-state index in [-0.39, 0.29) is 11.9 Å². The maximum absolute atomic E-state index is 10.6. The van der Waals surface area contributed by atoms with Gasteiger partial charge in [0.25, 0.3) is 0 Å². The van der Waals surface area contributed by atoms with Gasteiger partial charge in [0.15, 0.2) is 0 Å². The molecule has 0 spiro atoms. The fourth-order valence-corrected chi connectivity index (χ4v) is 0.711. The lowest BCUT2D eigenvalue weighted by molar-refractivity contribution is -0.141. The molecule has 0 amide bonds. The zero-order chi connectivity index (χ0) is 7.98. The van der Waals surface area contributed by atoms with Crippen molar-refractivity contribution in [2.75, 3.05) is 20.8 Å². The van der Waals surface area contributed by atoms with Gasteiger partial charge in [-0.1, -0.05) is 6.92 Å². The van der Waals surface area contributed by atoms with E-state index in [1.807, 2.05) is 6.92 Å². The van der Waals surface area contributed by atoms with Crippen LogP contribution in [0.1, 0.15) is 13.3 Å². The number of hydrogen-bond donors (Lipinski definition) is 0. The highest BCUT2D eigenvalue weighted by Crippen LogP contribution is 2.02. The first-order valence-corrected chi connectivity index (χ1v) is 3.26. The Morgan fingerprint density at radius 2 is 2.10 bits per heavy atom. The van der Waals surface area contributed by atoms with E-state index < -0.39 is 0 Å². The highest BCUT2D eigenvalue weighted by atomic mass is 16.5. The van der Waals surface area contributed by atoms with Crippen LogP contribution in [-0.4, -0.2) is 26.8 Å². The quantitative estimate of drug-likeness (QED) is 0.551. The van der Waals surface area contributed by atoms with Crippen LogP contribution in [0.3, 0.4) is 0 Å². The van der Waals surface area contributed by atoms with E-state index in [0.29, 0.717) is 13.0 Å². The van der Waals surface area contributed by atoms with Gasteiger partial charge in [0.2, 0.25) is 0 Å². The SMILES string of the molecule is COCC(C)CC(=O)OC. The molecule has 0 N–H and O–H groups in total. The highest BCUT2D eigenvalue weighted by Gasteiger charge is 2.07. The third-order valence-electron chi connectivity index (χ3n) is 1.19. The maximum atomic E-state index is 10.6. The second-order valence-corrected chi connectivity index (χ2v) is 2.34. The van der Waals surface area contributed by atoms with Gasteiger partial charge in [0.05, 0.1) is 13.5 Å². The van der Waals surface area contributed by atoms with E-state index in [1.54, 1.807) is 7.11 Å². The van der Waals surface area contributed by atoms with E-state index in [2.05, 4.69) is 4.74 Å². The summed E-state index contributed by atoms with van der Waals surface area (Å²) in [5, 5.41) is 0. The number of esters is 1. The third kappa shape index (κ3) is 4.32. The normalized spacial score (nSPS) is 12.7. The van der Waals surface area contributed by atoms with Crippen LogP contribution in [0.2, 0.25) is 0 Å². The molecule has 0 bridgehead atoms. The predicted octanol–water partition coefficient (Wildman–Crippen LogP) is 0.832. The summed E-state index contributed by atoms with van der Waals surface area (Å²) in [7, 11) is 3.01. The second kappa shape index (κ2) is 5.23. The molecular weight excluding hydrogens is 132 g/mol. The van der Waals surface area contributed by atoms with Gasteiger partial charge < -0.3 is 9.47 Å². The number of carbonyl (C=O) groups excluding carboxylic acids is 1. The summed E-state index contributed by atoms with van der Waals surface area (Å²) in [6.07, 6.45) is 0.435. The molecule has 0 aliphatic heterocycles. The highest BCUT2D eigenvalue weighted by molar-refractivity contribution is 5.69. The molecule has 10 heavy (non-hydrogen) atoms. The Kier molecular flexibility index (Phi) is 4.94. The van der Waals surface area contributed by atoms with Gasteiger partial charge in [-0.2, -0.15) is 0 Å².